The van der Waals surface area contributed by atoms with E-state index < -0.39 is 10.0 Å². The summed E-state index contributed by atoms with van der Waals surface area (Å²) in [6.07, 6.45) is 3.10. The van der Waals surface area contributed by atoms with Crippen LogP contribution in [0.4, 0.5) is 0 Å². The Morgan fingerprint density at radius 3 is 2.53 bits per heavy atom. The van der Waals surface area contributed by atoms with Crippen molar-refractivity contribution in [2.45, 2.75) is 6.54 Å². The molecule has 0 radical (unpaired) electrons. The molecule has 0 atom stereocenters. The molecule has 0 aliphatic rings. The Morgan fingerprint density at radius 2 is 1.89 bits per heavy atom. The Kier molecular flexibility index (Phi) is 4.19. The first-order chi connectivity index (χ1) is 9.08. The van der Waals surface area contributed by atoms with E-state index in [9.17, 15) is 8.42 Å². The van der Waals surface area contributed by atoms with E-state index in [-0.39, 0.29) is 6.54 Å². The van der Waals surface area contributed by atoms with Gasteiger partial charge in [0.25, 0.3) is 0 Å². The van der Waals surface area contributed by atoms with Crippen molar-refractivity contribution in [1.82, 2.24) is 4.31 Å². The van der Waals surface area contributed by atoms with Crippen molar-refractivity contribution in [1.29, 1.82) is 0 Å². The van der Waals surface area contributed by atoms with Crippen LogP contribution in [-0.2, 0) is 16.6 Å². The van der Waals surface area contributed by atoms with Crippen molar-refractivity contribution < 1.29 is 12.8 Å². The van der Waals surface area contributed by atoms with Gasteiger partial charge in [-0.05, 0) is 23.8 Å². The van der Waals surface area contributed by atoms with Crippen LogP contribution in [0, 0.1) is 0 Å². The van der Waals surface area contributed by atoms with E-state index in [1.54, 1.807) is 18.2 Å². The lowest BCUT2D eigenvalue weighted by Gasteiger charge is -2.12. The first-order valence-corrected chi connectivity index (χ1v) is 7.30. The van der Waals surface area contributed by atoms with E-state index >= 15 is 0 Å². The minimum atomic E-state index is -3.44. The predicted octanol–water partition coefficient (Wildman–Crippen LogP) is 2.71. The van der Waals surface area contributed by atoms with Crippen LogP contribution in [0.3, 0.4) is 0 Å². The number of sulfonamides is 1. The number of furan rings is 1. The number of nitrogens with zero attached hydrogens (tertiary/aromatic N) is 1. The summed E-state index contributed by atoms with van der Waals surface area (Å²) in [5.41, 5.74) is 0.845. The molecule has 1 heterocycles. The molecule has 2 aromatic rings. The highest BCUT2D eigenvalue weighted by Crippen LogP contribution is 2.10. The van der Waals surface area contributed by atoms with Crippen LogP contribution in [-0.4, -0.2) is 19.8 Å². The van der Waals surface area contributed by atoms with E-state index in [0.717, 1.165) is 5.56 Å². The highest BCUT2D eigenvalue weighted by molar-refractivity contribution is 7.92. The zero-order chi connectivity index (χ0) is 13.7. The molecule has 0 aliphatic carbocycles. The lowest BCUT2D eigenvalue weighted by atomic mass is 10.2. The van der Waals surface area contributed by atoms with E-state index in [0.29, 0.717) is 5.76 Å². The second-order valence-corrected chi connectivity index (χ2v) is 6.02. The molecule has 0 fully saturated rings. The van der Waals surface area contributed by atoms with Crippen LogP contribution >= 0.6 is 0 Å². The molecule has 100 valence electrons. The summed E-state index contributed by atoms with van der Waals surface area (Å²) in [7, 11) is -1.92. The molecule has 0 N–H and O–H groups in total. The van der Waals surface area contributed by atoms with E-state index in [1.165, 1.54) is 23.0 Å². The lowest BCUT2D eigenvalue weighted by Crippen LogP contribution is -2.24. The summed E-state index contributed by atoms with van der Waals surface area (Å²) in [5, 5.41) is 1.20. The third kappa shape index (κ3) is 3.81. The Morgan fingerprint density at radius 1 is 1.16 bits per heavy atom. The van der Waals surface area contributed by atoms with Gasteiger partial charge in [-0.1, -0.05) is 30.3 Å². The van der Waals surface area contributed by atoms with Gasteiger partial charge in [-0.25, -0.2) is 8.42 Å². The van der Waals surface area contributed by atoms with Crippen LogP contribution in [0.5, 0.6) is 0 Å². The average molecular weight is 277 g/mol. The van der Waals surface area contributed by atoms with Gasteiger partial charge in [-0.3, -0.25) is 0 Å². The average Bonchev–Trinajstić information content (AvgIpc) is 2.90. The fraction of sp³-hybridized carbons (Fsp3) is 0.143. The van der Waals surface area contributed by atoms with Crippen LogP contribution in [0.25, 0.3) is 6.08 Å². The summed E-state index contributed by atoms with van der Waals surface area (Å²) in [4.78, 5) is 0. The molecule has 19 heavy (non-hydrogen) atoms. The molecule has 0 aliphatic heterocycles. The molecule has 2 rings (SSSR count). The summed E-state index contributed by atoms with van der Waals surface area (Å²) in [5.74, 6) is 0.610. The number of rotatable bonds is 5. The van der Waals surface area contributed by atoms with Gasteiger partial charge < -0.3 is 4.42 Å². The van der Waals surface area contributed by atoms with Crippen molar-refractivity contribution in [3.05, 3.63) is 65.5 Å². The third-order valence-corrected chi connectivity index (χ3v) is 4.10. The Hall–Kier alpha value is -1.85. The summed E-state index contributed by atoms with van der Waals surface area (Å²) in [6, 6.07) is 12.8. The van der Waals surface area contributed by atoms with Gasteiger partial charge in [0, 0.05) is 12.5 Å². The van der Waals surface area contributed by atoms with Gasteiger partial charge in [0.2, 0.25) is 10.0 Å². The van der Waals surface area contributed by atoms with Crippen molar-refractivity contribution in [2.24, 2.45) is 0 Å². The molecule has 0 unspecified atom stereocenters. The second-order valence-electron chi connectivity index (χ2n) is 4.09. The van der Waals surface area contributed by atoms with E-state index in [1.807, 2.05) is 30.3 Å². The molecule has 0 spiro atoms. The highest BCUT2D eigenvalue weighted by Gasteiger charge is 2.15. The minimum Gasteiger partial charge on any atom is -0.468 e. The van der Waals surface area contributed by atoms with Gasteiger partial charge in [0.15, 0.2) is 0 Å². The number of benzene rings is 1. The van der Waals surface area contributed by atoms with Crippen LogP contribution < -0.4 is 0 Å². The van der Waals surface area contributed by atoms with Crippen LogP contribution in [0.2, 0.25) is 0 Å². The van der Waals surface area contributed by atoms with Crippen molar-refractivity contribution in [3.63, 3.8) is 0 Å². The van der Waals surface area contributed by atoms with Gasteiger partial charge in [-0.2, -0.15) is 4.31 Å². The molecular weight excluding hydrogens is 262 g/mol. The van der Waals surface area contributed by atoms with E-state index in [4.69, 9.17) is 4.42 Å². The fourth-order valence-electron chi connectivity index (χ4n) is 1.54. The quantitative estimate of drug-likeness (QED) is 0.844. The zero-order valence-electron chi connectivity index (χ0n) is 10.6. The predicted molar refractivity (Wildman–Crippen MR) is 74.6 cm³/mol. The van der Waals surface area contributed by atoms with Gasteiger partial charge >= 0.3 is 0 Å². The summed E-state index contributed by atoms with van der Waals surface area (Å²) < 4.78 is 30.4. The maximum Gasteiger partial charge on any atom is 0.236 e. The zero-order valence-corrected chi connectivity index (χ0v) is 11.4. The molecule has 0 bridgehead atoms. The van der Waals surface area contributed by atoms with Crippen LogP contribution in [0.1, 0.15) is 11.3 Å². The topological polar surface area (TPSA) is 50.5 Å². The molecular formula is C14H15NO3S. The highest BCUT2D eigenvalue weighted by atomic mass is 32.2. The molecule has 0 saturated heterocycles. The Labute approximate surface area is 113 Å². The molecule has 0 amide bonds. The molecule has 5 heteroatoms. The maximum atomic E-state index is 12.0. The first-order valence-electron chi connectivity index (χ1n) is 5.80. The monoisotopic (exact) mass is 277 g/mol. The third-order valence-electron chi connectivity index (χ3n) is 2.63. The van der Waals surface area contributed by atoms with Crippen LogP contribution in [0.15, 0.2) is 58.6 Å². The molecule has 1 aromatic carbocycles. The molecule has 0 saturated carbocycles. The Bertz CT molecular complexity index is 631. The van der Waals surface area contributed by atoms with Gasteiger partial charge in [0.1, 0.15) is 5.76 Å². The standard InChI is InChI=1S/C14H15NO3S/c1-15(12-14-8-5-10-18-14)19(16,17)11-9-13-6-3-2-4-7-13/h2-11H,12H2,1H3/b11-9+. The van der Waals surface area contributed by atoms with E-state index in [2.05, 4.69) is 0 Å². The lowest BCUT2D eigenvalue weighted by molar-refractivity contribution is 0.410. The van der Waals surface area contributed by atoms with Crippen molar-refractivity contribution >= 4 is 16.1 Å². The second kappa shape index (κ2) is 5.86. The maximum absolute atomic E-state index is 12.0. The number of hydrogen-bond acceptors (Lipinski definition) is 3. The SMILES string of the molecule is CN(Cc1ccco1)S(=O)(=O)/C=C/c1ccccc1. The van der Waals surface area contributed by atoms with Gasteiger partial charge in [-0.15, -0.1) is 0 Å². The smallest absolute Gasteiger partial charge is 0.236 e. The largest absolute Gasteiger partial charge is 0.468 e. The Balaban J connectivity index is 2.08. The van der Waals surface area contributed by atoms with Crippen molar-refractivity contribution in [2.75, 3.05) is 7.05 Å². The minimum absolute atomic E-state index is 0.217. The molecule has 4 nitrogen and oxygen atoms in total. The van der Waals surface area contributed by atoms with Gasteiger partial charge in [0.05, 0.1) is 12.8 Å². The summed E-state index contributed by atoms with van der Waals surface area (Å²) >= 11 is 0. The van der Waals surface area contributed by atoms with Crippen molar-refractivity contribution in [3.8, 4) is 0 Å². The molecule has 1 aromatic heterocycles. The number of hydrogen-bond donors (Lipinski definition) is 0. The fourth-order valence-corrected chi connectivity index (χ4v) is 2.39. The first kappa shape index (κ1) is 13.6. The summed E-state index contributed by atoms with van der Waals surface area (Å²) in [6.45, 7) is 0.217. The normalized spacial score (nSPS) is 12.3.